The lowest BCUT2D eigenvalue weighted by Gasteiger charge is -2.35. The van der Waals surface area contributed by atoms with Crippen molar-refractivity contribution in [3.8, 4) is 0 Å². The van der Waals surface area contributed by atoms with E-state index in [2.05, 4.69) is 41.4 Å². The molecule has 1 aromatic carbocycles. The van der Waals surface area contributed by atoms with Crippen molar-refractivity contribution in [2.75, 3.05) is 18.4 Å². The number of hydrogen-bond donors (Lipinski definition) is 1. The van der Waals surface area contributed by atoms with E-state index in [1.54, 1.807) is 0 Å². The molecule has 0 radical (unpaired) electrons. The number of nitrogens with zero attached hydrogens (tertiary/aromatic N) is 1. The average molecular weight is 286 g/mol. The molecule has 0 saturated carbocycles. The maximum atomic E-state index is 3.76. The second-order valence-corrected chi connectivity index (χ2v) is 6.85. The average Bonchev–Trinajstić information content (AvgIpc) is 2.97. The van der Waals surface area contributed by atoms with Crippen molar-refractivity contribution in [3.63, 3.8) is 0 Å². The van der Waals surface area contributed by atoms with E-state index in [0.29, 0.717) is 6.04 Å². The highest BCUT2D eigenvalue weighted by atomic mass is 15.2. The van der Waals surface area contributed by atoms with Crippen LogP contribution in [0.5, 0.6) is 0 Å². The number of piperidine rings is 1. The molecule has 0 spiro atoms. The molecule has 2 heteroatoms. The summed E-state index contributed by atoms with van der Waals surface area (Å²) in [5, 5.41) is 3.76. The first-order chi connectivity index (χ1) is 10.3. The molecule has 0 aromatic heterocycles. The van der Waals surface area contributed by atoms with Crippen LogP contribution in [0, 0.1) is 0 Å². The molecule has 3 rings (SSSR count). The third kappa shape index (κ3) is 4.00. The molecule has 1 aromatic rings. The Morgan fingerprint density at radius 2 is 1.95 bits per heavy atom. The van der Waals surface area contributed by atoms with Crippen LogP contribution in [0.2, 0.25) is 0 Å². The third-order valence-electron chi connectivity index (χ3n) is 5.21. The number of aryl methyl sites for hydroxylation is 1. The van der Waals surface area contributed by atoms with Crippen molar-refractivity contribution >= 4 is 5.69 Å². The minimum Gasteiger partial charge on any atom is -0.382 e. The quantitative estimate of drug-likeness (QED) is 0.777. The zero-order chi connectivity index (χ0) is 14.5. The van der Waals surface area contributed by atoms with Crippen LogP contribution in [0.4, 0.5) is 5.69 Å². The van der Waals surface area contributed by atoms with E-state index >= 15 is 0 Å². The molecule has 0 amide bonds. The normalized spacial score (nSPS) is 25.8. The molecule has 2 aliphatic heterocycles. The van der Waals surface area contributed by atoms with Crippen LogP contribution in [0.15, 0.2) is 24.3 Å². The Hall–Kier alpha value is -1.02. The first-order valence-corrected chi connectivity index (χ1v) is 8.94. The second-order valence-electron chi connectivity index (χ2n) is 6.85. The van der Waals surface area contributed by atoms with Crippen molar-refractivity contribution in [1.29, 1.82) is 0 Å². The van der Waals surface area contributed by atoms with Gasteiger partial charge < -0.3 is 10.2 Å². The minimum absolute atomic E-state index is 0.676. The molecule has 0 aliphatic carbocycles. The number of anilines is 1. The van der Waals surface area contributed by atoms with Gasteiger partial charge in [-0.1, -0.05) is 31.9 Å². The van der Waals surface area contributed by atoms with E-state index in [1.165, 1.54) is 75.7 Å². The van der Waals surface area contributed by atoms with Gasteiger partial charge in [0.15, 0.2) is 0 Å². The molecular formula is C19H30N2. The van der Waals surface area contributed by atoms with Crippen molar-refractivity contribution in [1.82, 2.24) is 4.90 Å². The zero-order valence-corrected chi connectivity index (χ0v) is 13.5. The fourth-order valence-corrected chi connectivity index (χ4v) is 3.94. The van der Waals surface area contributed by atoms with E-state index in [9.17, 15) is 0 Å². The van der Waals surface area contributed by atoms with Crippen molar-refractivity contribution in [2.45, 2.75) is 70.4 Å². The van der Waals surface area contributed by atoms with Gasteiger partial charge in [0, 0.05) is 24.3 Å². The molecule has 0 bridgehead atoms. The van der Waals surface area contributed by atoms with Crippen LogP contribution in [-0.4, -0.2) is 30.1 Å². The molecule has 116 valence electrons. The van der Waals surface area contributed by atoms with Gasteiger partial charge in [0.05, 0.1) is 0 Å². The van der Waals surface area contributed by atoms with Crippen LogP contribution < -0.4 is 5.32 Å². The molecular weight excluding hydrogens is 256 g/mol. The van der Waals surface area contributed by atoms with E-state index in [-0.39, 0.29) is 0 Å². The molecule has 21 heavy (non-hydrogen) atoms. The largest absolute Gasteiger partial charge is 0.382 e. The van der Waals surface area contributed by atoms with Gasteiger partial charge in [0.25, 0.3) is 0 Å². The van der Waals surface area contributed by atoms with Gasteiger partial charge in [0.1, 0.15) is 0 Å². The molecule has 1 N–H and O–H groups in total. The molecule has 2 aliphatic rings. The summed E-state index contributed by atoms with van der Waals surface area (Å²) in [6, 6.07) is 10.7. The Bertz CT molecular complexity index is 426. The number of rotatable bonds is 6. The van der Waals surface area contributed by atoms with E-state index in [0.717, 1.165) is 6.04 Å². The van der Waals surface area contributed by atoms with Crippen molar-refractivity contribution < 1.29 is 0 Å². The summed E-state index contributed by atoms with van der Waals surface area (Å²) < 4.78 is 0. The summed E-state index contributed by atoms with van der Waals surface area (Å²) >= 11 is 0. The van der Waals surface area contributed by atoms with Gasteiger partial charge in [-0.15, -0.1) is 0 Å². The molecule has 2 unspecified atom stereocenters. The molecule has 2 fully saturated rings. The number of unbranched alkanes of at least 4 members (excludes halogenated alkanes) is 2. The number of nitrogens with one attached hydrogen (secondary N) is 1. The third-order valence-corrected chi connectivity index (χ3v) is 5.21. The van der Waals surface area contributed by atoms with Gasteiger partial charge in [-0.05, 0) is 62.8 Å². The predicted molar refractivity (Wildman–Crippen MR) is 90.9 cm³/mol. The van der Waals surface area contributed by atoms with Crippen molar-refractivity contribution in [3.05, 3.63) is 29.8 Å². The fraction of sp³-hybridized carbons (Fsp3) is 0.684. The Balaban J connectivity index is 1.48. The monoisotopic (exact) mass is 286 g/mol. The lowest BCUT2D eigenvalue weighted by molar-refractivity contribution is 0.188. The summed E-state index contributed by atoms with van der Waals surface area (Å²) in [6.45, 7) is 4.89. The maximum absolute atomic E-state index is 3.76. The lowest BCUT2D eigenvalue weighted by atomic mass is 9.97. The van der Waals surface area contributed by atoms with Crippen LogP contribution >= 0.6 is 0 Å². The number of benzene rings is 1. The lowest BCUT2D eigenvalue weighted by Crippen LogP contribution is -2.42. The Morgan fingerprint density at radius 3 is 2.76 bits per heavy atom. The Kier molecular flexibility index (Phi) is 5.18. The first kappa shape index (κ1) is 14.9. The highest BCUT2D eigenvalue weighted by molar-refractivity contribution is 5.45. The van der Waals surface area contributed by atoms with E-state index in [1.807, 2.05) is 0 Å². The smallest absolute Gasteiger partial charge is 0.0342 e. The van der Waals surface area contributed by atoms with Gasteiger partial charge >= 0.3 is 0 Å². The summed E-state index contributed by atoms with van der Waals surface area (Å²) in [6.07, 6.45) is 10.7. The fourth-order valence-electron chi connectivity index (χ4n) is 3.94. The van der Waals surface area contributed by atoms with Gasteiger partial charge in [-0.25, -0.2) is 0 Å². The molecule has 2 saturated heterocycles. The summed E-state index contributed by atoms with van der Waals surface area (Å²) in [7, 11) is 0. The first-order valence-electron chi connectivity index (χ1n) is 8.94. The van der Waals surface area contributed by atoms with Crippen LogP contribution in [0.1, 0.15) is 57.4 Å². The molecule has 2 nitrogen and oxygen atoms in total. The Morgan fingerprint density at radius 1 is 1.10 bits per heavy atom. The maximum Gasteiger partial charge on any atom is 0.0342 e. The molecule has 2 heterocycles. The van der Waals surface area contributed by atoms with Gasteiger partial charge in [-0.2, -0.15) is 0 Å². The summed E-state index contributed by atoms with van der Waals surface area (Å²) in [5.41, 5.74) is 2.80. The Labute approximate surface area is 129 Å². The van der Waals surface area contributed by atoms with Crippen LogP contribution in [0.25, 0.3) is 0 Å². The number of fused-ring (bicyclic) bond motifs is 1. The summed E-state index contributed by atoms with van der Waals surface area (Å²) in [5.74, 6) is 0. The predicted octanol–water partition coefficient (Wildman–Crippen LogP) is 4.46. The molecule has 2 atom stereocenters. The summed E-state index contributed by atoms with van der Waals surface area (Å²) in [4.78, 5) is 2.69. The van der Waals surface area contributed by atoms with Crippen LogP contribution in [0.3, 0.4) is 0 Å². The highest BCUT2D eigenvalue weighted by Gasteiger charge is 2.31. The standard InChI is InChI=1S/C19H30N2/c1-2-3-4-6-16-8-10-17(11-9-16)20-18-12-14-21-13-5-7-19(21)15-18/h8-11,18-20H,2-7,12-15H2,1H3. The number of hydrogen-bond acceptors (Lipinski definition) is 2. The van der Waals surface area contributed by atoms with Gasteiger partial charge in [-0.3, -0.25) is 0 Å². The highest BCUT2D eigenvalue weighted by Crippen LogP contribution is 2.28. The van der Waals surface area contributed by atoms with Gasteiger partial charge in [0.2, 0.25) is 0 Å². The van der Waals surface area contributed by atoms with E-state index < -0.39 is 0 Å². The SMILES string of the molecule is CCCCCc1ccc(NC2CCN3CCCC3C2)cc1. The van der Waals surface area contributed by atoms with Crippen molar-refractivity contribution in [2.24, 2.45) is 0 Å². The zero-order valence-electron chi connectivity index (χ0n) is 13.5. The second kappa shape index (κ2) is 7.31. The van der Waals surface area contributed by atoms with Crippen LogP contribution in [-0.2, 0) is 6.42 Å². The minimum atomic E-state index is 0.676. The topological polar surface area (TPSA) is 15.3 Å². The van der Waals surface area contributed by atoms with E-state index in [4.69, 9.17) is 0 Å².